The molecule has 146 valence electrons. The van der Waals surface area contributed by atoms with Gasteiger partial charge in [0.1, 0.15) is 5.60 Å². The van der Waals surface area contributed by atoms with E-state index < -0.39 is 5.60 Å². The van der Waals surface area contributed by atoms with Gasteiger partial charge in [-0.15, -0.1) is 0 Å². The zero-order valence-electron chi connectivity index (χ0n) is 15.0. The number of anilines is 1. The molecule has 1 aliphatic rings. The molecule has 1 aromatic carbocycles. The Hall–Kier alpha value is -2.69. The number of carbonyl (C=O) groups is 2. The second-order valence-corrected chi connectivity index (χ2v) is 6.78. The third kappa shape index (κ3) is 5.16. The zero-order valence-corrected chi connectivity index (χ0v) is 15.0. The number of amides is 2. The van der Waals surface area contributed by atoms with Crippen LogP contribution in [0.25, 0.3) is 11.0 Å². The number of benzene rings is 1. The van der Waals surface area contributed by atoms with E-state index in [2.05, 4.69) is 20.6 Å². The first-order chi connectivity index (χ1) is 12.8. The van der Waals surface area contributed by atoms with Gasteiger partial charge < -0.3 is 30.4 Å². The molecule has 1 atom stereocenters. The number of hydrogen-bond acceptors (Lipinski definition) is 6. The van der Waals surface area contributed by atoms with Gasteiger partial charge in [0, 0.05) is 32.2 Å². The molecule has 2 amide bonds. The van der Waals surface area contributed by atoms with Gasteiger partial charge in [0.05, 0.1) is 30.8 Å². The molecule has 10 heteroatoms. The van der Waals surface area contributed by atoms with E-state index in [0.29, 0.717) is 29.9 Å². The smallest absolute Gasteiger partial charge is 0.323 e. The molecule has 3 rings (SSSR count). The van der Waals surface area contributed by atoms with Crippen molar-refractivity contribution in [2.75, 3.05) is 44.7 Å². The molecule has 0 bridgehead atoms. The second-order valence-electron chi connectivity index (χ2n) is 6.78. The Morgan fingerprint density at radius 2 is 2.11 bits per heavy atom. The van der Waals surface area contributed by atoms with Crippen molar-refractivity contribution < 1.29 is 19.4 Å². The predicted molar refractivity (Wildman–Crippen MR) is 98.4 cm³/mol. The molecular weight excluding hydrogens is 354 g/mol. The summed E-state index contributed by atoms with van der Waals surface area (Å²) in [4.78, 5) is 41.9. The second kappa shape index (κ2) is 7.91. The number of carbonyl (C=O) groups excluding carboxylic acids is 2. The summed E-state index contributed by atoms with van der Waals surface area (Å²) < 4.78 is 5.41. The van der Waals surface area contributed by atoms with Crippen LogP contribution in [-0.4, -0.2) is 76.8 Å². The fourth-order valence-corrected chi connectivity index (χ4v) is 3.04. The van der Waals surface area contributed by atoms with Gasteiger partial charge in [0.25, 0.3) is 0 Å². The van der Waals surface area contributed by atoms with Crippen molar-refractivity contribution in [3.63, 3.8) is 0 Å². The lowest BCUT2D eigenvalue weighted by Gasteiger charge is -2.30. The maximum Gasteiger partial charge on any atom is 0.323 e. The van der Waals surface area contributed by atoms with Crippen molar-refractivity contribution >= 4 is 28.5 Å². The minimum absolute atomic E-state index is 0.0535. The first-order valence-electron chi connectivity index (χ1n) is 8.62. The van der Waals surface area contributed by atoms with Crippen LogP contribution in [0.2, 0.25) is 0 Å². The molecular formula is C17H23N5O5. The standard InChI is InChI=1S/C17H23N5O5/c1-11(23)18-8-17(26)9-22(4-5-27-10-17)7-15(24)19-12-2-3-13-14(6-12)21-16(25)20-13/h2-3,6,26H,4-5,7-10H2,1H3,(H,18,23)(H,19,24)(H2,20,21,25). The number of fused-ring (bicyclic) bond motifs is 1. The highest BCUT2D eigenvalue weighted by molar-refractivity contribution is 5.94. The van der Waals surface area contributed by atoms with E-state index >= 15 is 0 Å². The molecule has 1 saturated heterocycles. The van der Waals surface area contributed by atoms with Crippen LogP contribution in [0.5, 0.6) is 0 Å². The molecule has 1 unspecified atom stereocenters. The van der Waals surface area contributed by atoms with Crippen LogP contribution in [0.3, 0.4) is 0 Å². The Balaban J connectivity index is 1.61. The number of ether oxygens (including phenoxy) is 1. The van der Waals surface area contributed by atoms with Crippen molar-refractivity contribution in [1.82, 2.24) is 20.2 Å². The number of aromatic amines is 2. The van der Waals surface area contributed by atoms with E-state index in [4.69, 9.17) is 4.74 Å². The van der Waals surface area contributed by atoms with Gasteiger partial charge in [0.15, 0.2) is 0 Å². The summed E-state index contributed by atoms with van der Waals surface area (Å²) in [7, 11) is 0. The number of β-amino-alcohol motifs (C(OH)–C–C–N with tert-alkyl or cyclic N) is 1. The largest absolute Gasteiger partial charge is 0.384 e. The first kappa shape index (κ1) is 19.1. The quantitative estimate of drug-likeness (QED) is 0.453. The van der Waals surface area contributed by atoms with Crippen molar-refractivity contribution in [1.29, 1.82) is 0 Å². The van der Waals surface area contributed by atoms with Crippen LogP contribution in [-0.2, 0) is 14.3 Å². The molecule has 2 heterocycles. The number of hydrogen-bond donors (Lipinski definition) is 5. The van der Waals surface area contributed by atoms with Gasteiger partial charge in [0.2, 0.25) is 11.8 Å². The molecule has 1 aromatic heterocycles. The number of aromatic nitrogens is 2. The number of nitrogens with one attached hydrogen (secondary N) is 4. The summed E-state index contributed by atoms with van der Waals surface area (Å²) in [6, 6.07) is 5.07. The topological polar surface area (TPSA) is 140 Å². The third-order valence-corrected chi connectivity index (χ3v) is 4.27. The van der Waals surface area contributed by atoms with E-state index in [0.717, 1.165) is 0 Å². The summed E-state index contributed by atoms with van der Waals surface area (Å²) in [6.07, 6.45) is 0. The molecule has 1 aliphatic heterocycles. The van der Waals surface area contributed by atoms with Gasteiger partial charge >= 0.3 is 5.69 Å². The Morgan fingerprint density at radius 3 is 2.89 bits per heavy atom. The summed E-state index contributed by atoms with van der Waals surface area (Å²) in [5.41, 5.74) is 0.251. The fraction of sp³-hybridized carbons (Fsp3) is 0.471. The SMILES string of the molecule is CC(=O)NCC1(O)COCCN(CC(=O)Nc2ccc3[nH]c(=O)[nH]c3c2)C1. The third-order valence-electron chi connectivity index (χ3n) is 4.27. The van der Waals surface area contributed by atoms with Crippen LogP contribution in [0, 0.1) is 0 Å². The normalized spacial score (nSPS) is 21.0. The van der Waals surface area contributed by atoms with Crippen LogP contribution in [0.4, 0.5) is 5.69 Å². The lowest BCUT2D eigenvalue weighted by molar-refractivity contribution is -0.122. The van der Waals surface area contributed by atoms with Gasteiger partial charge in [-0.3, -0.25) is 14.5 Å². The summed E-state index contributed by atoms with van der Waals surface area (Å²) >= 11 is 0. The van der Waals surface area contributed by atoms with Crippen LogP contribution in [0.1, 0.15) is 6.92 Å². The molecule has 0 spiro atoms. The number of imidazole rings is 1. The average molecular weight is 377 g/mol. The minimum Gasteiger partial charge on any atom is -0.384 e. The molecule has 0 aliphatic carbocycles. The number of rotatable bonds is 5. The van der Waals surface area contributed by atoms with Crippen LogP contribution >= 0.6 is 0 Å². The lowest BCUT2D eigenvalue weighted by atomic mass is 10.1. The van der Waals surface area contributed by atoms with Crippen molar-refractivity contribution in [3.8, 4) is 0 Å². The number of nitrogens with zero attached hydrogens (tertiary/aromatic N) is 1. The Bertz CT molecular complexity index is 891. The van der Waals surface area contributed by atoms with Crippen molar-refractivity contribution in [3.05, 3.63) is 28.7 Å². The summed E-state index contributed by atoms with van der Waals surface area (Å²) in [5, 5.41) is 16.0. The number of H-pyrrole nitrogens is 2. The monoisotopic (exact) mass is 377 g/mol. The van der Waals surface area contributed by atoms with E-state index in [-0.39, 0.29) is 43.7 Å². The van der Waals surface area contributed by atoms with E-state index in [1.54, 1.807) is 23.1 Å². The predicted octanol–water partition coefficient (Wildman–Crippen LogP) is -1.01. The Labute approximate surface area is 154 Å². The average Bonchev–Trinajstić information content (AvgIpc) is 2.85. The van der Waals surface area contributed by atoms with E-state index in [9.17, 15) is 19.5 Å². The number of aliphatic hydroxyl groups is 1. The summed E-state index contributed by atoms with van der Waals surface area (Å²) in [5.74, 6) is -0.494. The molecule has 27 heavy (non-hydrogen) atoms. The van der Waals surface area contributed by atoms with E-state index in [1.807, 2.05) is 0 Å². The maximum absolute atomic E-state index is 12.4. The highest BCUT2D eigenvalue weighted by atomic mass is 16.5. The Morgan fingerprint density at radius 1 is 1.33 bits per heavy atom. The molecule has 10 nitrogen and oxygen atoms in total. The fourth-order valence-electron chi connectivity index (χ4n) is 3.04. The van der Waals surface area contributed by atoms with Gasteiger partial charge in [-0.2, -0.15) is 0 Å². The van der Waals surface area contributed by atoms with Gasteiger partial charge in [-0.1, -0.05) is 0 Å². The van der Waals surface area contributed by atoms with E-state index in [1.165, 1.54) is 6.92 Å². The molecule has 0 saturated carbocycles. The molecule has 2 aromatic rings. The molecule has 5 N–H and O–H groups in total. The highest BCUT2D eigenvalue weighted by Crippen LogP contribution is 2.15. The Kier molecular flexibility index (Phi) is 5.59. The van der Waals surface area contributed by atoms with Crippen LogP contribution < -0.4 is 16.3 Å². The molecule has 1 fully saturated rings. The van der Waals surface area contributed by atoms with Crippen molar-refractivity contribution in [2.24, 2.45) is 0 Å². The summed E-state index contributed by atoms with van der Waals surface area (Å²) in [6.45, 7) is 2.64. The zero-order chi connectivity index (χ0) is 19.4. The molecule has 0 radical (unpaired) electrons. The maximum atomic E-state index is 12.4. The first-order valence-corrected chi connectivity index (χ1v) is 8.62. The lowest BCUT2D eigenvalue weighted by Crippen LogP contribution is -2.53. The van der Waals surface area contributed by atoms with Crippen LogP contribution in [0.15, 0.2) is 23.0 Å². The van der Waals surface area contributed by atoms with Crippen molar-refractivity contribution in [2.45, 2.75) is 12.5 Å². The van der Waals surface area contributed by atoms with Gasteiger partial charge in [-0.25, -0.2) is 4.79 Å². The minimum atomic E-state index is -1.26. The highest BCUT2D eigenvalue weighted by Gasteiger charge is 2.33. The van der Waals surface area contributed by atoms with Gasteiger partial charge in [-0.05, 0) is 18.2 Å².